The van der Waals surface area contributed by atoms with E-state index in [9.17, 15) is 9.18 Å². The first kappa shape index (κ1) is 21.0. The summed E-state index contributed by atoms with van der Waals surface area (Å²) in [6, 6.07) is 9.03. The number of aromatic nitrogens is 1. The minimum Gasteiger partial charge on any atom is -0.439 e. The quantitative estimate of drug-likeness (QED) is 0.745. The van der Waals surface area contributed by atoms with Gasteiger partial charge < -0.3 is 20.1 Å². The predicted octanol–water partition coefficient (Wildman–Crippen LogP) is 2.92. The summed E-state index contributed by atoms with van der Waals surface area (Å²) < 4.78 is 23.9. The molecule has 0 saturated carbocycles. The predicted molar refractivity (Wildman–Crippen MR) is 107 cm³/mol. The molecule has 3 rings (SSSR count). The van der Waals surface area contributed by atoms with Crippen molar-refractivity contribution in [3.05, 3.63) is 54.0 Å². The maximum Gasteiger partial charge on any atom is 0.315 e. The Kier molecular flexibility index (Phi) is 7.00. The van der Waals surface area contributed by atoms with E-state index in [4.69, 9.17) is 9.47 Å². The van der Waals surface area contributed by atoms with Crippen LogP contribution in [0.15, 0.2) is 42.6 Å². The van der Waals surface area contributed by atoms with Gasteiger partial charge in [0.1, 0.15) is 11.6 Å². The van der Waals surface area contributed by atoms with Crippen LogP contribution in [0.2, 0.25) is 0 Å². The number of carbonyl (C=O) groups excluding carboxylic acids is 1. The summed E-state index contributed by atoms with van der Waals surface area (Å²) in [4.78, 5) is 18.7. The molecule has 8 heteroatoms. The van der Waals surface area contributed by atoms with Crippen LogP contribution >= 0.6 is 0 Å². The van der Waals surface area contributed by atoms with Crippen LogP contribution in [0.5, 0.6) is 11.6 Å². The van der Waals surface area contributed by atoms with Gasteiger partial charge in [0.15, 0.2) is 0 Å². The van der Waals surface area contributed by atoms with E-state index < -0.39 is 0 Å². The minimum absolute atomic E-state index is 0.137. The van der Waals surface area contributed by atoms with Gasteiger partial charge in [0.05, 0.1) is 13.2 Å². The summed E-state index contributed by atoms with van der Waals surface area (Å²) in [7, 11) is 0. The van der Waals surface area contributed by atoms with Crippen LogP contribution in [-0.2, 0) is 11.3 Å². The number of morpholine rings is 1. The van der Waals surface area contributed by atoms with Crippen LogP contribution < -0.4 is 15.4 Å². The Bertz CT molecular complexity index is 791. The molecule has 2 amide bonds. The molecule has 0 aliphatic carbocycles. The van der Waals surface area contributed by atoms with Crippen molar-refractivity contribution in [1.82, 2.24) is 20.5 Å². The second-order valence-electron chi connectivity index (χ2n) is 7.51. The van der Waals surface area contributed by atoms with E-state index in [2.05, 4.69) is 34.4 Å². The Morgan fingerprint density at radius 2 is 1.90 bits per heavy atom. The summed E-state index contributed by atoms with van der Waals surface area (Å²) in [5.74, 6) is 0.586. The molecule has 1 aromatic carbocycles. The topological polar surface area (TPSA) is 75.7 Å². The fourth-order valence-corrected chi connectivity index (χ4v) is 3.02. The third kappa shape index (κ3) is 6.40. The number of hydrogen-bond donors (Lipinski definition) is 2. The number of hydrogen-bond acceptors (Lipinski definition) is 5. The molecule has 1 aliphatic rings. The molecule has 0 bridgehead atoms. The van der Waals surface area contributed by atoms with Gasteiger partial charge in [0.2, 0.25) is 5.88 Å². The van der Waals surface area contributed by atoms with Crippen LogP contribution in [0, 0.1) is 5.82 Å². The van der Waals surface area contributed by atoms with Crippen molar-refractivity contribution in [1.29, 1.82) is 0 Å². The van der Waals surface area contributed by atoms with E-state index in [0.717, 1.165) is 31.9 Å². The molecule has 156 valence electrons. The van der Waals surface area contributed by atoms with Crippen molar-refractivity contribution in [2.75, 3.05) is 32.8 Å². The first-order valence-electron chi connectivity index (χ1n) is 9.65. The maximum atomic E-state index is 12.9. The highest BCUT2D eigenvalue weighted by molar-refractivity contribution is 5.73. The Labute approximate surface area is 170 Å². The number of ether oxygens (including phenoxy) is 2. The van der Waals surface area contributed by atoms with E-state index in [1.807, 2.05) is 6.07 Å². The van der Waals surface area contributed by atoms with Gasteiger partial charge in [-0.25, -0.2) is 14.2 Å². The van der Waals surface area contributed by atoms with E-state index in [1.54, 1.807) is 12.3 Å². The number of amides is 2. The SMILES string of the molecule is CC(C)(CNC(=O)NCc1ccc(Oc2ccc(F)cc2)nc1)N1CCOCC1. The second-order valence-corrected chi connectivity index (χ2v) is 7.51. The number of benzene rings is 1. The van der Waals surface area contributed by atoms with E-state index in [0.29, 0.717) is 24.7 Å². The average Bonchev–Trinajstić information content (AvgIpc) is 2.74. The monoisotopic (exact) mass is 402 g/mol. The van der Waals surface area contributed by atoms with Crippen molar-refractivity contribution in [3.63, 3.8) is 0 Å². The van der Waals surface area contributed by atoms with Gasteiger partial charge in [0.25, 0.3) is 0 Å². The van der Waals surface area contributed by atoms with Crippen LogP contribution in [-0.4, -0.2) is 54.3 Å². The molecule has 2 N–H and O–H groups in total. The third-order valence-electron chi connectivity index (χ3n) is 4.84. The van der Waals surface area contributed by atoms with Crippen LogP contribution in [0.4, 0.5) is 9.18 Å². The van der Waals surface area contributed by atoms with Gasteiger partial charge in [-0.15, -0.1) is 0 Å². The van der Waals surface area contributed by atoms with Gasteiger partial charge in [0, 0.05) is 44.0 Å². The molecule has 0 spiro atoms. The molecule has 0 unspecified atom stereocenters. The van der Waals surface area contributed by atoms with E-state index in [1.165, 1.54) is 24.3 Å². The largest absolute Gasteiger partial charge is 0.439 e. The molecule has 1 aromatic heterocycles. The van der Waals surface area contributed by atoms with Gasteiger partial charge >= 0.3 is 6.03 Å². The van der Waals surface area contributed by atoms with E-state index in [-0.39, 0.29) is 17.4 Å². The molecule has 2 aromatic rings. The lowest BCUT2D eigenvalue weighted by molar-refractivity contribution is -0.00874. The summed E-state index contributed by atoms with van der Waals surface area (Å²) >= 11 is 0. The summed E-state index contributed by atoms with van der Waals surface area (Å²) in [6.45, 7) is 8.31. The van der Waals surface area contributed by atoms with Gasteiger partial charge in [-0.1, -0.05) is 6.07 Å². The molecule has 0 atom stereocenters. The molecule has 29 heavy (non-hydrogen) atoms. The fraction of sp³-hybridized carbons (Fsp3) is 0.429. The zero-order chi connectivity index (χ0) is 20.7. The van der Waals surface area contributed by atoms with Gasteiger partial charge in [-0.3, -0.25) is 4.90 Å². The van der Waals surface area contributed by atoms with Crippen molar-refractivity contribution in [2.45, 2.75) is 25.9 Å². The number of nitrogens with zero attached hydrogens (tertiary/aromatic N) is 2. The highest BCUT2D eigenvalue weighted by atomic mass is 19.1. The lowest BCUT2D eigenvalue weighted by atomic mass is 10.0. The number of nitrogens with one attached hydrogen (secondary N) is 2. The molecule has 1 fully saturated rings. The van der Waals surface area contributed by atoms with Gasteiger partial charge in [-0.05, 0) is 43.7 Å². The summed E-state index contributed by atoms with van der Waals surface area (Å²) in [6.07, 6.45) is 1.64. The first-order chi connectivity index (χ1) is 13.9. The second kappa shape index (κ2) is 9.67. The number of urea groups is 1. The molecule has 0 radical (unpaired) electrons. The number of rotatable bonds is 7. The summed E-state index contributed by atoms with van der Waals surface area (Å²) in [5.41, 5.74) is 0.709. The molecule has 1 aliphatic heterocycles. The Balaban J connectivity index is 1.42. The Morgan fingerprint density at radius 1 is 1.17 bits per heavy atom. The Hall–Kier alpha value is -2.71. The molecular weight excluding hydrogens is 375 g/mol. The van der Waals surface area contributed by atoms with Crippen LogP contribution in [0.25, 0.3) is 0 Å². The standard InChI is InChI=1S/C21H27FN4O3/c1-21(2,26-9-11-28-12-10-26)15-25-20(27)24-14-16-3-8-19(23-13-16)29-18-6-4-17(22)5-7-18/h3-8,13H,9-12,14-15H2,1-2H3,(H2,24,25,27). The smallest absolute Gasteiger partial charge is 0.315 e. The Morgan fingerprint density at radius 3 is 2.55 bits per heavy atom. The van der Waals surface area contributed by atoms with Crippen molar-refractivity contribution < 1.29 is 18.7 Å². The normalized spacial score (nSPS) is 15.0. The van der Waals surface area contributed by atoms with E-state index >= 15 is 0 Å². The molecular formula is C21H27FN4O3. The molecule has 1 saturated heterocycles. The molecule has 7 nitrogen and oxygen atoms in total. The lowest BCUT2D eigenvalue weighted by Gasteiger charge is -2.40. The van der Waals surface area contributed by atoms with Crippen LogP contribution in [0.3, 0.4) is 0 Å². The maximum absolute atomic E-state index is 12.9. The van der Waals surface area contributed by atoms with Gasteiger partial charge in [-0.2, -0.15) is 0 Å². The zero-order valence-electron chi connectivity index (χ0n) is 16.8. The number of halogens is 1. The zero-order valence-corrected chi connectivity index (χ0v) is 16.8. The highest BCUT2D eigenvalue weighted by Gasteiger charge is 2.28. The van der Waals surface area contributed by atoms with Crippen LogP contribution in [0.1, 0.15) is 19.4 Å². The lowest BCUT2D eigenvalue weighted by Crippen LogP contribution is -2.56. The van der Waals surface area contributed by atoms with Crippen molar-refractivity contribution in [2.24, 2.45) is 0 Å². The van der Waals surface area contributed by atoms with Crippen molar-refractivity contribution >= 4 is 6.03 Å². The highest BCUT2D eigenvalue weighted by Crippen LogP contribution is 2.19. The minimum atomic E-state index is -0.321. The number of carbonyl (C=O) groups is 1. The summed E-state index contributed by atoms with van der Waals surface area (Å²) in [5, 5.41) is 5.76. The fourth-order valence-electron chi connectivity index (χ4n) is 3.02. The van der Waals surface area contributed by atoms with Crippen molar-refractivity contribution in [3.8, 4) is 11.6 Å². The number of pyridine rings is 1. The average molecular weight is 402 g/mol. The molecule has 2 heterocycles. The third-order valence-corrected chi connectivity index (χ3v) is 4.84. The first-order valence-corrected chi connectivity index (χ1v) is 9.65.